The summed E-state index contributed by atoms with van der Waals surface area (Å²) in [6, 6.07) is 5.79. The van der Waals surface area contributed by atoms with Crippen LogP contribution in [0.3, 0.4) is 0 Å². The van der Waals surface area contributed by atoms with E-state index >= 15 is 0 Å². The Morgan fingerprint density at radius 2 is 2.27 bits per heavy atom. The fraction of sp³-hybridized carbons (Fsp3) is 0.100. The number of benzene rings is 1. The van der Waals surface area contributed by atoms with Gasteiger partial charge in [-0.05, 0) is 34.1 Å². The van der Waals surface area contributed by atoms with Gasteiger partial charge in [0.1, 0.15) is 0 Å². The maximum Gasteiger partial charge on any atom is 0.0629 e. The Balaban J connectivity index is 2.24. The van der Waals surface area contributed by atoms with E-state index in [9.17, 15) is 0 Å². The van der Waals surface area contributed by atoms with E-state index in [2.05, 4.69) is 21.0 Å². The van der Waals surface area contributed by atoms with Crippen molar-refractivity contribution in [2.45, 2.75) is 9.79 Å². The van der Waals surface area contributed by atoms with Crippen LogP contribution in [0.25, 0.3) is 0 Å². The monoisotopic (exact) mass is 283 g/mol. The van der Waals surface area contributed by atoms with Crippen molar-refractivity contribution in [1.29, 1.82) is 0 Å². The average molecular weight is 284 g/mol. The molecule has 1 aromatic heterocycles. The van der Waals surface area contributed by atoms with E-state index in [-0.39, 0.29) is 0 Å². The number of halogens is 1. The lowest BCUT2D eigenvalue weighted by molar-refractivity contribution is 0.766. The van der Waals surface area contributed by atoms with Gasteiger partial charge in [0.25, 0.3) is 0 Å². The predicted molar refractivity (Wildman–Crippen MR) is 65.9 cm³/mol. The van der Waals surface area contributed by atoms with Crippen LogP contribution in [-0.4, -0.2) is 9.78 Å². The minimum Gasteiger partial charge on any atom is -0.399 e. The van der Waals surface area contributed by atoms with E-state index in [1.54, 1.807) is 16.4 Å². The molecule has 0 aliphatic rings. The Bertz CT molecular complexity index is 481. The molecule has 0 amide bonds. The molecule has 2 aromatic rings. The van der Waals surface area contributed by atoms with Crippen molar-refractivity contribution in [3.63, 3.8) is 0 Å². The maximum absolute atomic E-state index is 5.67. The first kappa shape index (κ1) is 10.6. The number of rotatable bonds is 2. The Kier molecular flexibility index (Phi) is 3.02. The molecule has 0 aliphatic carbocycles. The standard InChI is InChI=1S/C10H10BrN3S/c1-14-6-8(5-13-14)15-10-3-2-7(12)4-9(10)11/h2-6H,12H2,1H3. The second-order valence-corrected chi connectivity index (χ2v) is 5.11. The molecular weight excluding hydrogens is 274 g/mol. The number of nitrogen functional groups attached to an aromatic ring is 1. The molecule has 0 radical (unpaired) electrons. The number of aromatic nitrogens is 2. The predicted octanol–water partition coefficient (Wildman–Crippen LogP) is 2.92. The smallest absolute Gasteiger partial charge is 0.0629 e. The zero-order chi connectivity index (χ0) is 10.8. The number of hydrogen-bond donors (Lipinski definition) is 1. The fourth-order valence-electron chi connectivity index (χ4n) is 1.18. The third-order valence-electron chi connectivity index (χ3n) is 1.86. The molecule has 5 heteroatoms. The number of hydrogen-bond acceptors (Lipinski definition) is 3. The van der Waals surface area contributed by atoms with Crippen LogP contribution in [-0.2, 0) is 7.05 Å². The summed E-state index contributed by atoms with van der Waals surface area (Å²) in [6.45, 7) is 0. The van der Waals surface area contributed by atoms with Gasteiger partial charge in [-0.1, -0.05) is 11.8 Å². The van der Waals surface area contributed by atoms with Gasteiger partial charge in [0.05, 0.1) is 11.1 Å². The summed E-state index contributed by atoms with van der Waals surface area (Å²) in [7, 11) is 1.90. The Hall–Kier alpha value is -0.940. The summed E-state index contributed by atoms with van der Waals surface area (Å²) in [6.07, 6.45) is 3.82. The lowest BCUT2D eigenvalue weighted by atomic mass is 10.3. The van der Waals surface area contributed by atoms with Crippen LogP contribution >= 0.6 is 27.7 Å². The summed E-state index contributed by atoms with van der Waals surface area (Å²) in [5.41, 5.74) is 6.43. The van der Waals surface area contributed by atoms with Crippen LogP contribution < -0.4 is 5.73 Å². The van der Waals surface area contributed by atoms with E-state index < -0.39 is 0 Å². The second kappa shape index (κ2) is 4.28. The van der Waals surface area contributed by atoms with Crippen LogP contribution in [0.5, 0.6) is 0 Å². The number of nitrogens with two attached hydrogens (primary N) is 1. The number of anilines is 1. The largest absolute Gasteiger partial charge is 0.399 e. The molecule has 3 nitrogen and oxygen atoms in total. The van der Waals surface area contributed by atoms with Gasteiger partial charge < -0.3 is 5.73 Å². The first-order chi connectivity index (χ1) is 7.15. The molecular formula is C10H10BrN3S. The van der Waals surface area contributed by atoms with Gasteiger partial charge in [0, 0.05) is 28.3 Å². The summed E-state index contributed by atoms with van der Waals surface area (Å²) < 4.78 is 2.80. The summed E-state index contributed by atoms with van der Waals surface area (Å²) in [5, 5.41) is 4.12. The van der Waals surface area contributed by atoms with Gasteiger partial charge >= 0.3 is 0 Å². The van der Waals surface area contributed by atoms with Crippen molar-refractivity contribution in [2.75, 3.05) is 5.73 Å². The molecule has 1 aromatic carbocycles. The molecule has 0 aliphatic heterocycles. The van der Waals surface area contributed by atoms with Crippen molar-refractivity contribution < 1.29 is 0 Å². The molecule has 0 spiro atoms. The lowest BCUT2D eigenvalue weighted by Crippen LogP contribution is -1.85. The lowest BCUT2D eigenvalue weighted by Gasteiger charge is -2.02. The third kappa shape index (κ3) is 2.54. The van der Waals surface area contributed by atoms with Crippen molar-refractivity contribution in [3.8, 4) is 0 Å². The van der Waals surface area contributed by atoms with Gasteiger partial charge in [-0.2, -0.15) is 5.10 Å². The zero-order valence-electron chi connectivity index (χ0n) is 8.14. The van der Waals surface area contributed by atoms with Crippen LogP contribution in [0.4, 0.5) is 5.69 Å². The van der Waals surface area contributed by atoms with Crippen LogP contribution in [0.2, 0.25) is 0 Å². The van der Waals surface area contributed by atoms with Crippen LogP contribution in [0.15, 0.2) is 44.9 Å². The van der Waals surface area contributed by atoms with Gasteiger partial charge in [-0.25, -0.2) is 0 Å². The summed E-state index contributed by atoms with van der Waals surface area (Å²) in [5.74, 6) is 0. The SMILES string of the molecule is Cn1cc(Sc2ccc(N)cc2Br)cn1. The normalized spacial score (nSPS) is 10.5. The maximum atomic E-state index is 5.67. The molecule has 0 saturated carbocycles. The fourth-order valence-corrected chi connectivity index (χ4v) is 2.67. The molecule has 2 rings (SSSR count). The molecule has 2 N–H and O–H groups in total. The molecule has 1 heterocycles. The highest BCUT2D eigenvalue weighted by atomic mass is 79.9. The van der Waals surface area contributed by atoms with E-state index in [0.29, 0.717) is 0 Å². The van der Waals surface area contributed by atoms with Crippen molar-refractivity contribution in [1.82, 2.24) is 9.78 Å². The Morgan fingerprint density at radius 3 is 2.87 bits per heavy atom. The van der Waals surface area contributed by atoms with Crippen LogP contribution in [0, 0.1) is 0 Å². The van der Waals surface area contributed by atoms with Gasteiger partial charge in [0.15, 0.2) is 0 Å². The van der Waals surface area contributed by atoms with Gasteiger partial charge in [0.2, 0.25) is 0 Å². The molecule has 0 unspecified atom stereocenters. The molecule has 78 valence electrons. The molecule has 0 bridgehead atoms. The van der Waals surface area contributed by atoms with Crippen molar-refractivity contribution in [2.24, 2.45) is 7.05 Å². The average Bonchev–Trinajstić information content (AvgIpc) is 2.56. The highest BCUT2D eigenvalue weighted by Gasteiger charge is 2.04. The third-order valence-corrected chi connectivity index (χ3v) is 3.81. The highest BCUT2D eigenvalue weighted by molar-refractivity contribution is 9.10. The number of aryl methyl sites for hydroxylation is 1. The topological polar surface area (TPSA) is 43.8 Å². The minimum atomic E-state index is 0.761. The molecule has 0 atom stereocenters. The first-order valence-electron chi connectivity index (χ1n) is 4.36. The Labute approximate surface area is 101 Å². The number of nitrogens with zero attached hydrogens (tertiary/aromatic N) is 2. The van der Waals surface area contributed by atoms with Gasteiger partial charge in [-0.3, -0.25) is 4.68 Å². The van der Waals surface area contributed by atoms with E-state index in [1.807, 2.05) is 37.6 Å². The summed E-state index contributed by atoms with van der Waals surface area (Å²) >= 11 is 5.14. The van der Waals surface area contributed by atoms with Crippen LogP contribution in [0.1, 0.15) is 0 Å². The minimum absolute atomic E-state index is 0.761. The van der Waals surface area contributed by atoms with E-state index in [0.717, 1.165) is 20.0 Å². The summed E-state index contributed by atoms with van der Waals surface area (Å²) in [4.78, 5) is 2.25. The molecule has 0 saturated heterocycles. The van der Waals surface area contributed by atoms with Gasteiger partial charge in [-0.15, -0.1) is 0 Å². The molecule has 15 heavy (non-hydrogen) atoms. The van der Waals surface area contributed by atoms with Crippen molar-refractivity contribution in [3.05, 3.63) is 35.1 Å². The van der Waals surface area contributed by atoms with Crippen molar-refractivity contribution >= 4 is 33.4 Å². The van der Waals surface area contributed by atoms with E-state index in [1.165, 1.54) is 0 Å². The Morgan fingerprint density at radius 1 is 1.47 bits per heavy atom. The van der Waals surface area contributed by atoms with E-state index in [4.69, 9.17) is 5.73 Å². The first-order valence-corrected chi connectivity index (χ1v) is 5.97. The molecule has 0 fully saturated rings. The highest BCUT2D eigenvalue weighted by Crippen LogP contribution is 2.34. The second-order valence-electron chi connectivity index (χ2n) is 3.14. The zero-order valence-corrected chi connectivity index (χ0v) is 10.5. The quantitative estimate of drug-likeness (QED) is 0.862.